The van der Waals surface area contributed by atoms with Crippen LogP contribution in [-0.4, -0.2) is 47.2 Å². The van der Waals surface area contributed by atoms with Crippen LogP contribution >= 0.6 is 0 Å². The van der Waals surface area contributed by atoms with Gasteiger partial charge >= 0.3 is 0 Å². The molecule has 0 saturated carbocycles. The highest BCUT2D eigenvalue weighted by molar-refractivity contribution is 7.92. The van der Waals surface area contributed by atoms with Crippen LogP contribution in [0.1, 0.15) is 5.56 Å². The first kappa shape index (κ1) is 23.4. The fraction of sp³-hybridized carbons (Fsp3) is 0.240. The number of sulfonamides is 1. The average Bonchev–Trinajstić information content (AvgIpc) is 2.86. The van der Waals surface area contributed by atoms with Crippen LogP contribution in [0.4, 0.5) is 5.69 Å². The number of rotatable bonds is 9. The third-order valence-corrected chi connectivity index (χ3v) is 6.98. The Bertz CT molecular complexity index is 1230. The van der Waals surface area contributed by atoms with Crippen LogP contribution in [0.25, 0.3) is 0 Å². The Kier molecular flexibility index (Phi) is 7.22. The van der Waals surface area contributed by atoms with Crippen LogP contribution < -0.4 is 23.8 Å². The van der Waals surface area contributed by atoms with Gasteiger partial charge in [0.05, 0.1) is 31.6 Å². The summed E-state index contributed by atoms with van der Waals surface area (Å²) in [6.45, 7) is 0.349. The molecule has 0 fully saturated rings. The number of hydrogen-bond donors (Lipinski definition) is 1. The number of nitrogens with zero attached hydrogens (tertiary/aromatic N) is 1. The van der Waals surface area contributed by atoms with Crippen molar-refractivity contribution in [2.45, 2.75) is 11.9 Å². The predicted molar refractivity (Wildman–Crippen MR) is 129 cm³/mol. The Hall–Kier alpha value is -3.72. The van der Waals surface area contributed by atoms with Gasteiger partial charge < -0.3 is 19.5 Å². The molecule has 1 aliphatic rings. The lowest BCUT2D eigenvalue weighted by Gasteiger charge is -2.34. The van der Waals surface area contributed by atoms with E-state index in [0.29, 0.717) is 28.5 Å². The van der Waals surface area contributed by atoms with E-state index >= 15 is 0 Å². The molecule has 4 rings (SSSR count). The maximum atomic E-state index is 13.3. The quantitative estimate of drug-likeness (QED) is 0.472. The van der Waals surface area contributed by atoms with Gasteiger partial charge in [-0.25, -0.2) is 8.42 Å². The molecule has 1 atom stereocenters. The van der Waals surface area contributed by atoms with E-state index in [1.807, 2.05) is 18.2 Å². The van der Waals surface area contributed by atoms with Gasteiger partial charge in [0.1, 0.15) is 23.9 Å². The van der Waals surface area contributed by atoms with Gasteiger partial charge in [0.2, 0.25) is 10.0 Å². The summed E-state index contributed by atoms with van der Waals surface area (Å²) in [4.78, 5) is 12.8. The number of anilines is 1. The number of carbonyl (C=O) groups excluding carboxylic acids is 1. The Morgan fingerprint density at radius 1 is 1.03 bits per heavy atom. The summed E-state index contributed by atoms with van der Waals surface area (Å²) in [6.07, 6.45) is -0.989. The normalized spacial score (nSPS) is 15.1. The van der Waals surface area contributed by atoms with Crippen molar-refractivity contribution in [3.8, 4) is 17.2 Å². The molecule has 1 heterocycles. The fourth-order valence-electron chi connectivity index (χ4n) is 3.61. The lowest BCUT2D eigenvalue weighted by molar-refractivity contribution is -0.127. The van der Waals surface area contributed by atoms with Crippen molar-refractivity contribution in [2.75, 3.05) is 31.1 Å². The molecule has 0 unspecified atom stereocenters. The zero-order valence-corrected chi connectivity index (χ0v) is 19.5. The minimum absolute atomic E-state index is 0.116. The number of carbonyl (C=O) groups is 1. The Balaban J connectivity index is 1.41. The molecule has 1 N–H and O–H groups in total. The van der Waals surface area contributed by atoms with Crippen molar-refractivity contribution in [3.05, 3.63) is 84.4 Å². The van der Waals surface area contributed by atoms with Crippen LogP contribution in [0.5, 0.6) is 17.2 Å². The van der Waals surface area contributed by atoms with Crippen molar-refractivity contribution in [3.63, 3.8) is 0 Å². The van der Waals surface area contributed by atoms with Crippen molar-refractivity contribution >= 4 is 21.6 Å². The molecule has 178 valence electrons. The zero-order valence-electron chi connectivity index (χ0n) is 18.7. The maximum absolute atomic E-state index is 13.3. The van der Waals surface area contributed by atoms with Gasteiger partial charge in [-0.3, -0.25) is 9.10 Å². The first-order valence-electron chi connectivity index (χ1n) is 10.8. The smallest absolute Gasteiger partial charge is 0.263 e. The molecule has 9 heteroatoms. The number of para-hydroxylation sites is 2. The highest BCUT2D eigenvalue weighted by atomic mass is 32.2. The third kappa shape index (κ3) is 5.60. The van der Waals surface area contributed by atoms with Crippen molar-refractivity contribution in [2.24, 2.45) is 0 Å². The van der Waals surface area contributed by atoms with Gasteiger partial charge in [-0.05, 0) is 29.8 Å². The standard InChI is InChI=1S/C25H26N2O6S/c1-31-20-10-7-11-21(16-20)32-15-14-26-25(28)24-17-27(22-12-5-6-13-23(22)33-24)34(29,30)18-19-8-3-2-4-9-19/h2-13,16,24H,14-15,17-18H2,1H3,(H,26,28)/t24-/m0/s1. The van der Waals surface area contributed by atoms with Crippen LogP contribution in [0.3, 0.4) is 0 Å². The molecule has 0 spiro atoms. The van der Waals surface area contributed by atoms with Crippen LogP contribution in [0.2, 0.25) is 0 Å². The molecule has 1 aliphatic heterocycles. The van der Waals surface area contributed by atoms with E-state index in [-0.39, 0.29) is 25.4 Å². The molecule has 3 aromatic rings. The second-order valence-corrected chi connectivity index (χ2v) is 9.56. The third-order valence-electron chi connectivity index (χ3n) is 5.27. The lowest BCUT2D eigenvalue weighted by atomic mass is 10.2. The van der Waals surface area contributed by atoms with Crippen LogP contribution in [0.15, 0.2) is 78.9 Å². The molecule has 0 aliphatic carbocycles. The largest absolute Gasteiger partial charge is 0.497 e. The molecular weight excluding hydrogens is 456 g/mol. The molecule has 0 aromatic heterocycles. The molecule has 3 aromatic carbocycles. The van der Waals surface area contributed by atoms with Crippen LogP contribution in [0, 0.1) is 0 Å². The molecular formula is C25H26N2O6S. The van der Waals surface area contributed by atoms with E-state index in [1.165, 1.54) is 4.31 Å². The summed E-state index contributed by atoms with van der Waals surface area (Å²) < 4.78 is 44.4. The highest BCUT2D eigenvalue weighted by Crippen LogP contribution is 2.35. The topological polar surface area (TPSA) is 94.2 Å². The molecule has 0 radical (unpaired) electrons. The number of benzene rings is 3. The number of fused-ring (bicyclic) bond motifs is 1. The SMILES string of the molecule is COc1cccc(OCCNC(=O)[C@@H]2CN(S(=O)(=O)Cc3ccccc3)c3ccccc3O2)c1. The number of amides is 1. The fourth-order valence-corrected chi connectivity index (χ4v) is 5.20. The summed E-state index contributed by atoms with van der Waals surface area (Å²) in [5.74, 6) is 1.05. The van der Waals surface area contributed by atoms with Gasteiger partial charge in [0, 0.05) is 6.07 Å². The Labute approximate surface area is 199 Å². The van der Waals surface area contributed by atoms with Gasteiger partial charge in [-0.1, -0.05) is 48.5 Å². The number of ether oxygens (including phenoxy) is 3. The van der Waals surface area contributed by atoms with E-state index in [2.05, 4.69) is 5.32 Å². The minimum Gasteiger partial charge on any atom is -0.497 e. The van der Waals surface area contributed by atoms with Gasteiger partial charge in [0.25, 0.3) is 5.91 Å². The number of hydrogen-bond acceptors (Lipinski definition) is 6. The minimum atomic E-state index is -3.75. The second-order valence-electron chi connectivity index (χ2n) is 7.67. The lowest BCUT2D eigenvalue weighted by Crippen LogP contribution is -2.51. The van der Waals surface area contributed by atoms with E-state index < -0.39 is 22.0 Å². The molecule has 0 saturated heterocycles. The van der Waals surface area contributed by atoms with Crippen molar-refractivity contribution < 1.29 is 27.4 Å². The highest BCUT2D eigenvalue weighted by Gasteiger charge is 2.36. The van der Waals surface area contributed by atoms with E-state index in [4.69, 9.17) is 14.2 Å². The van der Waals surface area contributed by atoms with Gasteiger partial charge in [0.15, 0.2) is 6.10 Å². The van der Waals surface area contributed by atoms with Crippen molar-refractivity contribution in [1.29, 1.82) is 0 Å². The number of methoxy groups -OCH3 is 1. The average molecular weight is 483 g/mol. The molecule has 1 amide bonds. The van der Waals surface area contributed by atoms with E-state index in [9.17, 15) is 13.2 Å². The predicted octanol–water partition coefficient (Wildman–Crippen LogP) is 2.99. The van der Waals surface area contributed by atoms with E-state index in [1.54, 1.807) is 67.8 Å². The molecule has 8 nitrogen and oxygen atoms in total. The second kappa shape index (κ2) is 10.5. The molecule has 0 bridgehead atoms. The summed E-state index contributed by atoms with van der Waals surface area (Å²) in [6, 6.07) is 22.9. The monoisotopic (exact) mass is 482 g/mol. The maximum Gasteiger partial charge on any atom is 0.263 e. The summed E-state index contributed by atoms with van der Waals surface area (Å²) in [7, 11) is -2.17. The first-order chi connectivity index (χ1) is 16.5. The van der Waals surface area contributed by atoms with Crippen molar-refractivity contribution in [1.82, 2.24) is 5.32 Å². The molecule has 34 heavy (non-hydrogen) atoms. The number of nitrogens with one attached hydrogen (secondary N) is 1. The van der Waals surface area contributed by atoms with Crippen LogP contribution in [-0.2, 0) is 20.6 Å². The zero-order chi connectivity index (χ0) is 24.0. The summed E-state index contributed by atoms with van der Waals surface area (Å²) in [5, 5.41) is 2.76. The Morgan fingerprint density at radius 2 is 1.76 bits per heavy atom. The first-order valence-corrected chi connectivity index (χ1v) is 12.4. The van der Waals surface area contributed by atoms with E-state index in [0.717, 1.165) is 0 Å². The van der Waals surface area contributed by atoms with Gasteiger partial charge in [-0.15, -0.1) is 0 Å². The van der Waals surface area contributed by atoms with Gasteiger partial charge in [-0.2, -0.15) is 0 Å². The summed E-state index contributed by atoms with van der Waals surface area (Å²) >= 11 is 0. The Morgan fingerprint density at radius 3 is 2.56 bits per heavy atom. The summed E-state index contributed by atoms with van der Waals surface area (Å²) in [5.41, 5.74) is 1.09.